The summed E-state index contributed by atoms with van der Waals surface area (Å²) in [6.45, 7) is 5.44. The number of anilines is 1. The summed E-state index contributed by atoms with van der Waals surface area (Å²) in [4.78, 5) is 15.5. The number of carbonyl (C=O) groups excluding carboxylic acids is 1. The van der Waals surface area contributed by atoms with E-state index in [4.69, 9.17) is 19.9 Å². The van der Waals surface area contributed by atoms with Crippen molar-refractivity contribution >= 4 is 41.5 Å². The number of rotatable bonds is 10. The normalized spacial score (nSPS) is 10.6. The van der Waals surface area contributed by atoms with Crippen molar-refractivity contribution in [1.82, 2.24) is 5.32 Å². The number of carbonyl (C=O) groups is 1. The average molecular weight is 528 g/mol. The van der Waals surface area contributed by atoms with Gasteiger partial charge in [-0.2, -0.15) is 0 Å². The summed E-state index contributed by atoms with van der Waals surface area (Å²) in [7, 11) is 1.61. The second-order valence-electron chi connectivity index (χ2n) is 6.02. The average Bonchev–Trinajstić information content (AvgIpc) is 2.71. The monoisotopic (exact) mass is 528 g/mol. The molecular formula is C21H29IN4O4. The molecule has 0 aliphatic carbocycles. The minimum Gasteiger partial charge on any atom is -0.493 e. The van der Waals surface area contributed by atoms with E-state index in [1.165, 1.54) is 0 Å². The Morgan fingerprint density at radius 3 is 2.57 bits per heavy atom. The molecule has 0 aliphatic heterocycles. The maximum absolute atomic E-state index is 10.9. The van der Waals surface area contributed by atoms with Crippen molar-refractivity contribution in [3.63, 3.8) is 0 Å². The van der Waals surface area contributed by atoms with Crippen LogP contribution in [0, 0.1) is 0 Å². The number of benzene rings is 2. The SMILES string of the molecule is CCNC(=NCc1cccc(OCC(N)=O)c1)Nc1ccc(OC)c(OCC)c1.I. The standard InChI is InChI=1S/C21H28N4O4.HI/c1-4-23-21(25-16-9-10-18(27-3)19(12-16)28-5-2)24-13-15-7-6-8-17(11-15)29-14-20(22)26;/h6-12H,4-5,13-14H2,1-3H3,(H2,22,26)(H2,23,24,25);1H. The van der Waals surface area contributed by atoms with Crippen molar-refractivity contribution in [2.45, 2.75) is 20.4 Å². The number of methoxy groups -OCH3 is 1. The second-order valence-corrected chi connectivity index (χ2v) is 6.02. The predicted octanol–water partition coefficient (Wildman–Crippen LogP) is 3.15. The number of nitrogens with one attached hydrogen (secondary N) is 2. The molecule has 0 fully saturated rings. The van der Waals surface area contributed by atoms with E-state index in [2.05, 4.69) is 15.6 Å². The molecule has 30 heavy (non-hydrogen) atoms. The molecule has 0 bridgehead atoms. The van der Waals surface area contributed by atoms with Gasteiger partial charge in [0, 0.05) is 18.3 Å². The van der Waals surface area contributed by atoms with Gasteiger partial charge in [0.15, 0.2) is 24.1 Å². The van der Waals surface area contributed by atoms with Gasteiger partial charge in [-0.1, -0.05) is 12.1 Å². The number of guanidine groups is 1. The number of hydrogen-bond donors (Lipinski definition) is 3. The Morgan fingerprint density at radius 1 is 1.10 bits per heavy atom. The van der Waals surface area contributed by atoms with Crippen molar-refractivity contribution in [3.8, 4) is 17.2 Å². The first-order valence-electron chi connectivity index (χ1n) is 9.41. The van der Waals surface area contributed by atoms with E-state index in [1.807, 2.05) is 50.2 Å². The molecule has 0 aliphatic rings. The lowest BCUT2D eigenvalue weighted by Crippen LogP contribution is -2.30. The Kier molecular flexibility index (Phi) is 11.4. The van der Waals surface area contributed by atoms with Crippen LogP contribution in [0.15, 0.2) is 47.5 Å². The number of hydrogen-bond acceptors (Lipinski definition) is 5. The van der Waals surface area contributed by atoms with Crippen LogP contribution < -0.4 is 30.6 Å². The van der Waals surface area contributed by atoms with E-state index in [0.717, 1.165) is 11.3 Å². The number of nitrogens with zero attached hydrogens (tertiary/aromatic N) is 1. The molecule has 0 radical (unpaired) electrons. The van der Waals surface area contributed by atoms with Crippen LogP contribution in [0.2, 0.25) is 0 Å². The lowest BCUT2D eigenvalue weighted by atomic mass is 10.2. The number of halogens is 1. The fourth-order valence-electron chi connectivity index (χ4n) is 2.52. The highest BCUT2D eigenvalue weighted by molar-refractivity contribution is 14.0. The minimum atomic E-state index is -0.516. The summed E-state index contributed by atoms with van der Waals surface area (Å²) in [6, 6.07) is 13.0. The van der Waals surface area contributed by atoms with Crippen LogP contribution in [0.5, 0.6) is 17.2 Å². The van der Waals surface area contributed by atoms with Gasteiger partial charge < -0.3 is 30.6 Å². The smallest absolute Gasteiger partial charge is 0.255 e. The molecule has 0 saturated heterocycles. The molecule has 4 N–H and O–H groups in total. The van der Waals surface area contributed by atoms with Crippen LogP contribution >= 0.6 is 24.0 Å². The maximum Gasteiger partial charge on any atom is 0.255 e. The molecule has 0 atom stereocenters. The molecule has 0 aromatic heterocycles. The maximum atomic E-state index is 10.9. The van der Waals surface area contributed by atoms with E-state index in [9.17, 15) is 4.79 Å². The summed E-state index contributed by atoms with van der Waals surface area (Å²) < 4.78 is 16.3. The minimum absolute atomic E-state index is 0. The fraction of sp³-hybridized carbons (Fsp3) is 0.333. The predicted molar refractivity (Wildman–Crippen MR) is 129 cm³/mol. The Bertz CT molecular complexity index is 846. The van der Waals surface area contributed by atoms with Crippen LogP contribution in [0.1, 0.15) is 19.4 Å². The number of nitrogens with two attached hydrogens (primary N) is 1. The van der Waals surface area contributed by atoms with Gasteiger partial charge in [-0.15, -0.1) is 24.0 Å². The molecule has 1 amide bonds. The molecule has 0 spiro atoms. The summed E-state index contributed by atoms with van der Waals surface area (Å²) in [5.41, 5.74) is 6.88. The highest BCUT2D eigenvalue weighted by Crippen LogP contribution is 2.30. The molecule has 0 heterocycles. The summed E-state index contributed by atoms with van der Waals surface area (Å²) in [5.74, 6) is 2.02. The van der Waals surface area contributed by atoms with E-state index in [0.29, 0.717) is 42.9 Å². The van der Waals surface area contributed by atoms with E-state index in [-0.39, 0.29) is 30.6 Å². The van der Waals surface area contributed by atoms with Gasteiger partial charge in [0.1, 0.15) is 5.75 Å². The lowest BCUT2D eigenvalue weighted by molar-refractivity contribution is -0.119. The Morgan fingerprint density at radius 2 is 1.90 bits per heavy atom. The zero-order valence-electron chi connectivity index (χ0n) is 17.4. The van der Waals surface area contributed by atoms with Gasteiger partial charge in [0.05, 0.1) is 20.3 Å². The van der Waals surface area contributed by atoms with Gasteiger partial charge in [-0.3, -0.25) is 4.79 Å². The zero-order valence-corrected chi connectivity index (χ0v) is 19.8. The Labute approximate surface area is 194 Å². The molecular weight excluding hydrogens is 499 g/mol. The van der Waals surface area contributed by atoms with Crippen LogP contribution in [-0.4, -0.2) is 38.7 Å². The fourth-order valence-corrected chi connectivity index (χ4v) is 2.52. The zero-order chi connectivity index (χ0) is 21.1. The lowest BCUT2D eigenvalue weighted by Gasteiger charge is -2.14. The number of primary amides is 1. The van der Waals surface area contributed by atoms with Crippen LogP contribution in [-0.2, 0) is 11.3 Å². The molecule has 2 aromatic carbocycles. The third-order valence-electron chi connectivity index (χ3n) is 3.77. The van der Waals surface area contributed by atoms with Crippen LogP contribution in [0.4, 0.5) is 5.69 Å². The van der Waals surface area contributed by atoms with E-state index < -0.39 is 5.91 Å². The van der Waals surface area contributed by atoms with Crippen LogP contribution in [0.25, 0.3) is 0 Å². The first kappa shape index (κ1) is 25.3. The van der Waals surface area contributed by atoms with Crippen molar-refractivity contribution in [3.05, 3.63) is 48.0 Å². The van der Waals surface area contributed by atoms with E-state index >= 15 is 0 Å². The molecule has 9 heteroatoms. The first-order valence-corrected chi connectivity index (χ1v) is 9.41. The highest BCUT2D eigenvalue weighted by Gasteiger charge is 2.07. The number of aliphatic imine (C=N–C) groups is 1. The Balaban J connectivity index is 0.00000450. The van der Waals surface area contributed by atoms with Crippen LogP contribution in [0.3, 0.4) is 0 Å². The molecule has 0 saturated carbocycles. The number of amides is 1. The van der Waals surface area contributed by atoms with E-state index in [1.54, 1.807) is 13.2 Å². The quantitative estimate of drug-likeness (QED) is 0.249. The van der Waals surface area contributed by atoms with Gasteiger partial charge in [0.25, 0.3) is 5.91 Å². The molecule has 8 nitrogen and oxygen atoms in total. The summed E-state index contributed by atoms with van der Waals surface area (Å²) in [6.07, 6.45) is 0. The number of ether oxygens (including phenoxy) is 3. The third-order valence-corrected chi connectivity index (χ3v) is 3.77. The van der Waals surface area contributed by atoms with Crippen molar-refractivity contribution in [1.29, 1.82) is 0 Å². The van der Waals surface area contributed by atoms with Gasteiger partial charge in [0.2, 0.25) is 0 Å². The molecule has 2 aromatic rings. The highest BCUT2D eigenvalue weighted by atomic mass is 127. The second kappa shape index (κ2) is 13.5. The van der Waals surface area contributed by atoms with Gasteiger partial charge in [-0.05, 0) is 43.7 Å². The molecule has 2 rings (SSSR count). The summed E-state index contributed by atoms with van der Waals surface area (Å²) >= 11 is 0. The van der Waals surface area contributed by atoms with Crippen molar-refractivity contribution in [2.24, 2.45) is 10.7 Å². The van der Waals surface area contributed by atoms with Gasteiger partial charge >= 0.3 is 0 Å². The summed E-state index contributed by atoms with van der Waals surface area (Å²) in [5, 5.41) is 6.48. The molecule has 164 valence electrons. The Hall–Kier alpha value is -2.69. The van der Waals surface area contributed by atoms with Gasteiger partial charge in [-0.25, -0.2) is 4.99 Å². The largest absolute Gasteiger partial charge is 0.493 e. The molecule has 0 unspecified atom stereocenters. The van der Waals surface area contributed by atoms with Crippen molar-refractivity contribution in [2.75, 3.05) is 32.2 Å². The van der Waals surface area contributed by atoms with Crippen molar-refractivity contribution < 1.29 is 19.0 Å². The topological polar surface area (TPSA) is 107 Å². The first-order chi connectivity index (χ1) is 14.0. The third kappa shape index (κ3) is 8.36.